The second-order valence-electron chi connectivity index (χ2n) is 7.42. The first-order valence-electron chi connectivity index (χ1n) is 10.0. The molecule has 1 N–H and O–H groups in total. The first-order chi connectivity index (χ1) is 13.2. The fourth-order valence-electron chi connectivity index (χ4n) is 3.67. The molecule has 1 amide bonds. The summed E-state index contributed by atoms with van der Waals surface area (Å²) in [5.41, 5.74) is 3.96. The normalized spacial score (nSPS) is 16.0. The molecule has 0 aromatic heterocycles. The fourth-order valence-corrected chi connectivity index (χ4v) is 3.67. The number of hydrogen-bond donors (Lipinski definition) is 1. The van der Waals surface area contributed by atoms with Gasteiger partial charge in [-0.25, -0.2) is 0 Å². The maximum Gasteiger partial charge on any atom is 0.234 e. The van der Waals surface area contributed by atoms with Crippen LogP contribution in [0.1, 0.15) is 23.1 Å². The second kappa shape index (κ2) is 10.2. The highest BCUT2D eigenvalue weighted by Gasteiger charge is 2.17. The summed E-state index contributed by atoms with van der Waals surface area (Å²) in [7, 11) is 0. The third-order valence-corrected chi connectivity index (χ3v) is 5.28. The molecule has 1 heterocycles. The number of amides is 1. The van der Waals surface area contributed by atoms with Crippen LogP contribution in [0.5, 0.6) is 0 Å². The summed E-state index contributed by atoms with van der Waals surface area (Å²) in [4.78, 5) is 17.1. The lowest BCUT2D eigenvalue weighted by Gasteiger charge is -2.21. The van der Waals surface area contributed by atoms with Crippen molar-refractivity contribution in [2.45, 2.75) is 26.3 Å². The Balaban J connectivity index is 1.38. The van der Waals surface area contributed by atoms with Gasteiger partial charge in [-0.3, -0.25) is 14.6 Å². The average molecular weight is 366 g/mol. The average Bonchev–Trinajstić information content (AvgIpc) is 2.89. The summed E-state index contributed by atoms with van der Waals surface area (Å²) in [6.07, 6.45) is 2.01. The van der Waals surface area contributed by atoms with Crippen LogP contribution < -0.4 is 5.32 Å². The molecule has 27 heavy (non-hydrogen) atoms. The number of aryl methyl sites for hydroxylation is 1. The van der Waals surface area contributed by atoms with Crippen molar-refractivity contribution >= 4 is 5.91 Å². The Kier molecular flexibility index (Phi) is 7.43. The van der Waals surface area contributed by atoms with E-state index in [0.717, 1.165) is 45.6 Å². The van der Waals surface area contributed by atoms with E-state index in [9.17, 15) is 4.79 Å². The lowest BCUT2D eigenvalue weighted by Crippen LogP contribution is -2.39. The van der Waals surface area contributed by atoms with Crippen molar-refractivity contribution in [1.29, 1.82) is 0 Å². The van der Waals surface area contributed by atoms with E-state index in [0.29, 0.717) is 13.1 Å². The van der Waals surface area contributed by atoms with E-state index in [1.807, 2.05) is 0 Å². The van der Waals surface area contributed by atoms with Gasteiger partial charge in [-0.05, 0) is 49.5 Å². The van der Waals surface area contributed by atoms with E-state index in [1.54, 1.807) is 0 Å². The van der Waals surface area contributed by atoms with E-state index >= 15 is 0 Å². The van der Waals surface area contributed by atoms with Crippen LogP contribution in [0.15, 0.2) is 54.6 Å². The van der Waals surface area contributed by atoms with E-state index in [2.05, 4.69) is 76.6 Å². The van der Waals surface area contributed by atoms with Gasteiger partial charge < -0.3 is 5.32 Å². The molecule has 0 atom stereocenters. The Labute approximate surface area is 163 Å². The minimum absolute atomic E-state index is 0.139. The summed E-state index contributed by atoms with van der Waals surface area (Å²) in [6, 6.07) is 19.0. The molecule has 0 spiro atoms. The Hall–Kier alpha value is -2.17. The summed E-state index contributed by atoms with van der Waals surface area (Å²) >= 11 is 0. The fraction of sp³-hybridized carbons (Fsp3) is 0.435. The number of carbonyl (C=O) groups excluding carboxylic acids is 1. The van der Waals surface area contributed by atoms with Gasteiger partial charge in [0.25, 0.3) is 0 Å². The number of nitrogens with one attached hydrogen (secondary N) is 1. The summed E-state index contributed by atoms with van der Waals surface area (Å²) in [6.45, 7) is 8.40. The molecule has 3 rings (SSSR count). The van der Waals surface area contributed by atoms with Gasteiger partial charge in [-0.2, -0.15) is 0 Å². The van der Waals surface area contributed by atoms with Crippen LogP contribution in [0.25, 0.3) is 0 Å². The van der Waals surface area contributed by atoms with Crippen LogP contribution in [0.2, 0.25) is 0 Å². The topological polar surface area (TPSA) is 35.6 Å². The standard InChI is InChI=1S/C23H31N3O/c1-20-8-5-6-11-22(20)12-13-24-23(27)19-26-15-7-14-25(16-17-26)18-21-9-3-2-4-10-21/h2-6,8-11H,7,12-19H2,1H3,(H,24,27). The molecule has 1 aliphatic rings. The van der Waals surface area contributed by atoms with Crippen molar-refractivity contribution in [3.63, 3.8) is 0 Å². The highest BCUT2D eigenvalue weighted by Crippen LogP contribution is 2.09. The maximum absolute atomic E-state index is 12.3. The van der Waals surface area contributed by atoms with Crippen molar-refractivity contribution < 1.29 is 4.79 Å². The van der Waals surface area contributed by atoms with Crippen LogP contribution in [-0.2, 0) is 17.8 Å². The lowest BCUT2D eigenvalue weighted by molar-refractivity contribution is -0.122. The molecule has 0 radical (unpaired) electrons. The van der Waals surface area contributed by atoms with E-state index in [4.69, 9.17) is 0 Å². The molecule has 4 nitrogen and oxygen atoms in total. The largest absolute Gasteiger partial charge is 0.355 e. The monoisotopic (exact) mass is 365 g/mol. The van der Waals surface area contributed by atoms with Crippen molar-refractivity contribution in [3.8, 4) is 0 Å². The van der Waals surface area contributed by atoms with Crippen LogP contribution in [0.4, 0.5) is 0 Å². The Morgan fingerprint density at radius 1 is 0.926 bits per heavy atom. The predicted molar refractivity (Wildman–Crippen MR) is 111 cm³/mol. The van der Waals surface area contributed by atoms with Crippen molar-refractivity contribution in [1.82, 2.24) is 15.1 Å². The van der Waals surface area contributed by atoms with Crippen molar-refractivity contribution in [2.75, 3.05) is 39.3 Å². The highest BCUT2D eigenvalue weighted by atomic mass is 16.2. The van der Waals surface area contributed by atoms with Gasteiger partial charge in [-0.15, -0.1) is 0 Å². The van der Waals surface area contributed by atoms with Crippen LogP contribution in [0, 0.1) is 6.92 Å². The Morgan fingerprint density at radius 2 is 1.63 bits per heavy atom. The van der Waals surface area contributed by atoms with Crippen LogP contribution >= 0.6 is 0 Å². The van der Waals surface area contributed by atoms with Crippen molar-refractivity contribution in [2.24, 2.45) is 0 Å². The highest BCUT2D eigenvalue weighted by molar-refractivity contribution is 5.78. The maximum atomic E-state index is 12.3. The first kappa shape index (κ1) is 19.6. The number of carbonyl (C=O) groups is 1. The van der Waals surface area contributed by atoms with Crippen LogP contribution in [0.3, 0.4) is 0 Å². The third-order valence-electron chi connectivity index (χ3n) is 5.28. The first-order valence-corrected chi connectivity index (χ1v) is 10.0. The molecule has 1 fully saturated rings. The minimum atomic E-state index is 0.139. The summed E-state index contributed by atoms with van der Waals surface area (Å²) in [5.74, 6) is 0.139. The van der Waals surface area contributed by atoms with Crippen LogP contribution in [-0.4, -0.2) is 55.0 Å². The summed E-state index contributed by atoms with van der Waals surface area (Å²) in [5, 5.41) is 3.08. The molecule has 0 aliphatic carbocycles. The van der Waals surface area contributed by atoms with Gasteiger partial charge in [-0.1, -0.05) is 54.6 Å². The van der Waals surface area contributed by atoms with Gasteiger partial charge in [0, 0.05) is 26.2 Å². The Morgan fingerprint density at radius 3 is 2.44 bits per heavy atom. The number of benzene rings is 2. The molecule has 0 saturated carbocycles. The molecule has 4 heteroatoms. The van der Waals surface area contributed by atoms with Gasteiger partial charge in [0.2, 0.25) is 5.91 Å². The van der Waals surface area contributed by atoms with Gasteiger partial charge in [0.15, 0.2) is 0 Å². The summed E-state index contributed by atoms with van der Waals surface area (Å²) < 4.78 is 0. The smallest absolute Gasteiger partial charge is 0.234 e. The van der Waals surface area contributed by atoms with E-state index in [-0.39, 0.29) is 5.91 Å². The molecule has 1 saturated heterocycles. The molecule has 1 aliphatic heterocycles. The van der Waals surface area contributed by atoms with Crippen molar-refractivity contribution in [3.05, 3.63) is 71.3 Å². The quantitative estimate of drug-likeness (QED) is 0.820. The zero-order chi connectivity index (χ0) is 18.9. The Bertz CT molecular complexity index is 717. The number of rotatable bonds is 7. The molecule has 2 aromatic rings. The van der Waals surface area contributed by atoms with Gasteiger partial charge in [0.1, 0.15) is 0 Å². The molecule has 0 bridgehead atoms. The predicted octanol–water partition coefficient (Wildman–Crippen LogP) is 2.86. The van der Waals surface area contributed by atoms with Gasteiger partial charge >= 0.3 is 0 Å². The van der Waals surface area contributed by atoms with Gasteiger partial charge in [0.05, 0.1) is 6.54 Å². The molecule has 2 aromatic carbocycles. The lowest BCUT2D eigenvalue weighted by atomic mass is 10.1. The van der Waals surface area contributed by atoms with E-state index < -0.39 is 0 Å². The third kappa shape index (κ3) is 6.49. The van der Waals surface area contributed by atoms with E-state index in [1.165, 1.54) is 16.7 Å². The number of hydrogen-bond acceptors (Lipinski definition) is 3. The molecular weight excluding hydrogens is 334 g/mol. The molecule has 0 unspecified atom stereocenters. The SMILES string of the molecule is Cc1ccccc1CCNC(=O)CN1CCCN(Cc2ccccc2)CC1. The minimum Gasteiger partial charge on any atom is -0.355 e. The zero-order valence-corrected chi connectivity index (χ0v) is 16.4. The molecule has 144 valence electrons. The zero-order valence-electron chi connectivity index (χ0n) is 16.4. The second-order valence-corrected chi connectivity index (χ2v) is 7.42. The molecular formula is C23H31N3O. The number of nitrogens with zero attached hydrogens (tertiary/aromatic N) is 2.